The Morgan fingerprint density at radius 1 is 0.844 bits per heavy atom. The van der Waals surface area contributed by atoms with Gasteiger partial charge in [0, 0.05) is 30.0 Å². The second-order valence-electron chi connectivity index (χ2n) is 7.23. The third-order valence-corrected chi connectivity index (χ3v) is 8.57. The van der Waals surface area contributed by atoms with Crippen molar-refractivity contribution >= 4 is 34.8 Å². The molecule has 0 saturated heterocycles. The zero-order chi connectivity index (χ0) is 22.6. The van der Waals surface area contributed by atoms with Gasteiger partial charge in [0.2, 0.25) is 0 Å². The van der Waals surface area contributed by atoms with E-state index in [0.29, 0.717) is 0 Å². The summed E-state index contributed by atoms with van der Waals surface area (Å²) in [7, 11) is 0.762. The van der Waals surface area contributed by atoms with E-state index in [9.17, 15) is 10.1 Å². The van der Waals surface area contributed by atoms with Crippen molar-refractivity contribution in [2.45, 2.75) is 0 Å². The first-order chi connectivity index (χ1) is 15.6. The van der Waals surface area contributed by atoms with Crippen LogP contribution in [-0.4, -0.2) is 19.1 Å². The van der Waals surface area contributed by atoms with E-state index < -0.39 is 12.7 Å². The van der Waals surface area contributed by atoms with Gasteiger partial charge in [-0.05, 0) is 0 Å². The smallest absolute Gasteiger partial charge is 0.360 e. The maximum Gasteiger partial charge on any atom is 0.360 e. The molecule has 0 radical (unpaired) electrons. The average molecular weight is 440 g/mol. The van der Waals surface area contributed by atoms with Gasteiger partial charge < -0.3 is 9.32 Å². The fourth-order valence-corrected chi connectivity index (χ4v) is 6.93. The van der Waals surface area contributed by atoms with Gasteiger partial charge in [-0.2, -0.15) is 10.2 Å². The fraction of sp³-hybridized carbons (Fsp3) is 0.0800. The minimum Gasteiger partial charge on any atom is -0.388 e. The molecule has 6 nitrogen and oxygen atoms in total. The Hall–Kier alpha value is -3.94. The maximum atomic E-state index is 12.6. The highest BCUT2D eigenvalue weighted by atomic mass is 31.2. The van der Waals surface area contributed by atoms with E-state index in [0.717, 1.165) is 15.9 Å². The van der Waals surface area contributed by atoms with Gasteiger partial charge in [0.1, 0.15) is 6.07 Å². The molecule has 0 atom stereocenters. The van der Waals surface area contributed by atoms with Crippen LogP contribution in [0.1, 0.15) is 5.56 Å². The Morgan fingerprint density at radius 2 is 1.28 bits per heavy atom. The largest absolute Gasteiger partial charge is 0.388 e. The topological polar surface area (TPSA) is 82.5 Å². The van der Waals surface area contributed by atoms with Crippen molar-refractivity contribution in [1.29, 1.82) is 5.26 Å². The van der Waals surface area contributed by atoms with Crippen LogP contribution in [0.5, 0.6) is 0 Å². The fourth-order valence-electron chi connectivity index (χ4n) is 3.45. The van der Waals surface area contributed by atoms with Gasteiger partial charge in [0.15, 0.2) is 11.4 Å². The van der Waals surface area contributed by atoms with Crippen LogP contribution in [0, 0.1) is 11.3 Å². The molecule has 0 fully saturated rings. The average Bonchev–Trinajstić information content (AvgIpc) is 2.84. The molecule has 7 heteroatoms. The zero-order valence-corrected chi connectivity index (χ0v) is 18.6. The molecule has 4 rings (SSSR count). The molecule has 0 bridgehead atoms. The molecule has 4 aromatic rings. The summed E-state index contributed by atoms with van der Waals surface area (Å²) in [5.74, 6) is 0.0809. The molecule has 0 aliphatic carbocycles. The van der Waals surface area contributed by atoms with Crippen LogP contribution >= 0.6 is 7.05 Å². The van der Waals surface area contributed by atoms with Gasteiger partial charge >= 0.3 is 11.6 Å². The Labute approximate surface area is 186 Å². The lowest BCUT2D eigenvalue weighted by Gasteiger charge is -2.26. The van der Waals surface area contributed by atoms with E-state index in [1.165, 1.54) is 0 Å². The second-order valence-corrected chi connectivity index (χ2v) is 10.3. The Kier molecular flexibility index (Phi) is 6.02. The minimum absolute atomic E-state index is 0.0809. The number of anilines is 1. The molecule has 0 spiro atoms. The molecule has 32 heavy (non-hydrogen) atoms. The van der Waals surface area contributed by atoms with E-state index in [-0.39, 0.29) is 17.4 Å². The quantitative estimate of drug-likeness (QED) is 0.441. The van der Waals surface area contributed by atoms with Gasteiger partial charge in [0.25, 0.3) is 0 Å². The number of rotatable bonds is 5. The lowest BCUT2D eigenvalue weighted by Crippen LogP contribution is -2.25. The van der Waals surface area contributed by atoms with Crippen molar-refractivity contribution in [1.82, 2.24) is 4.98 Å². The Balaban J connectivity index is 2.21. The highest BCUT2D eigenvalue weighted by Crippen LogP contribution is 2.49. The summed E-state index contributed by atoms with van der Waals surface area (Å²) in [4.78, 5) is 18.6. The summed E-state index contributed by atoms with van der Waals surface area (Å²) >= 11 is 0. The van der Waals surface area contributed by atoms with Crippen molar-refractivity contribution < 1.29 is 4.42 Å². The number of benzene rings is 3. The van der Waals surface area contributed by atoms with E-state index in [1.54, 1.807) is 19.0 Å². The van der Waals surface area contributed by atoms with E-state index in [1.807, 2.05) is 97.1 Å². The van der Waals surface area contributed by atoms with Crippen LogP contribution in [0.4, 0.5) is 11.8 Å². The van der Waals surface area contributed by atoms with Crippen molar-refractivity contribution in [3.05, 3.63) is 107 Å². The lowest BCUT2D eigenvalue weighted by molar-refractivity contribution is 0.491. The summed E-state index contributed by atoms with van der Waals surface area (Å²) in [6, 6.07) is 31.9. The number of nitriles is 1. The third-order valence-electron chi connectivity index (χ3n) is 4.94. The van der Waals surface area contributed by atoms with Crippen LogP contribution in [-0.2, 0) is 0 Å². The standard InChI is InChI=1S/C25H21N4O2P/c1-29(2)25-27-23(22(18-26)24(30)31-25)28-32(19-12-6-3-7-13-19,20-14-8-4-9-15-20)21-16-10-5-11-17-21/h3-17H,1-2H3. The van der Waals surface area contributed by atoms with Crippen LogP contribution in [0.15, 0.2) is 105 Å². The van der Waals surface area contributed by atoms with Crippen LogP contribution < -0.4 is 26.4 Å². The van der Waals surface area contributed by atoms with Crippen LogP contribution in [0.2, 0.25) is 0 Å². The molecule has 0 N–H and O–H groups in total. The Morgan fingerprint density at radius 3 is 1.66 bits per heavy atom. The number of nitrogens with zero attached hydrogens (tertiary/aromatic N) is 4. The highest BCUT2D eigenvalue weighted by Gasteiger charge is 2.29. The summed E-state index contributed by atoms with van der Waals surface area (Å²) < 4.78 is 10.4. The van der Waals surface area contributed by atoms with Crippen LogP contribution in [0.3, 0.4) is 0 Å². The molecule has 1 heterocycles. The van der Waals surface area contributed by atoms with Gasteiger partial charge in [-0.25, -0.2) is 9.54 Å². The highest BCUT2D eigenvalue weighted by molar-refractivity contribution is 7.87. The Bertz CT molecular complexity index is 1270. The summed E-state index contributed by atoms with van der Waals surface area (Å²) in [5, 5.41) is 12.7. The SMILES string of the molecule is CN(C)c1nc(N=P(c2ccccc2)(c2ccccc2)c2ccccc2)c(C#N)c(=O)o1. The summed E-state index contributed by atoms with van der Waals surface area (Å²) in [6.07, 6.45) is 0. The molecule has 3 aromatic carbocycles. The van der Waals surface area contributed by atoms with Gasteiger partial charge in [0.05, 0.1) is 7.05 Å². The number of hydrogen-bond donors (Lipinski definition) is 0. The molecular formula is C25H21N4O2P. The van der Waals surface area contributed by atoms with Crippen molar-refractivity contribution in [3.63, 3.8) is 0 Å². The zero-order valence-electron chi connectivity index (χ0n) is 17.7. The van der Waals surface area contributed by atoms with Crippen molar-refractivity contribution in [2.24, 2.45) is 4.74 Å². The van der Waals surface area contributed by atoms with E-state index in [2.05, 4.69) is 4.98 Å². The summed E-state index contributed by atoms with van der Waals surface area (Å²) in [6.45, 7) is 0. The molecule has 0 unspecified atom stereocenters. The van der Waals surface area contributed by atoms with Crippen molar-refractivity contribution in [3.8, 4) is 6.07 Å². The predicted molar refractivity (Wildman–Crippen MR) is 129 cm³/mol. The van der Waals surface area contributed by atoms with Gasteiger partial charge in [-0.1, -0.05) is 91.0 Å². The minimum atomic E-state index is -2.67. The van der Waals surface area contributed by atoms with Crippen molar-refractivity contribution in [2.75, 3.05) is 19.0 Å². The predicted octanol–water partition coefficient (Wildman–Crippen LogP) is 3.78. The first-order valence-corrected chi connectivity index (χ1v) is 11.7. The molecule has 0 amide bonds. The van der Waals surface area contributed by atoms with E-state index >= 15 is 0 Å². The third kappa shape index (κ3) is 3.87. The maximum absolute atomic E-state index is 12.6. The number of aromatic nitrogens is 1. The molecule has 0 saturated carbocycles. The first kappa shape index (κ1) is 21.3. The second kappa shape index (κ2) is 9.05. The van der Waals surface area contributed by atoms with Gasteiger partial charge in [-0.15, -0.1) is 0 Å². The molecule has 1 aromatic heterocycles. The summed E-state index contributed by atoms with van der Waals surface area (Å²) in [5.41, 5.74) is -0.958. The first-order valence-electron chi connectivity index (χ1n) is 9.98. The normalized spacial score (nSPS) is 10.9. The monoisotopic (exact) mass is 440 g/mol. The molecular weight excluding hydrogens is 419 g/mol. The molecule has 0 aliphatic rings. The lowest BCUT2D eigenvalue weighted by atomic mass is 10.3. The molecule has 158 valence electrons. The van der Waals surface area contributed by atoms with Crippen LogP contribution in [0.25, 0.3) is 0 Å². The number of hydrogen-bond acceptors (Lipinski definition) is 6. The van der Waals surface area contributed by atoms with E-state index in [4.69, 9.17) is 9.16 Å². The molecule has 0 aliphatic heterocycles. The van der Waals surface area contributed by atoms with Gasteiger partial charge in [-0.3, -0.25) is 0 Å².